The van der Waals surface area contributed by atoms with Crippen LogP contribution in [0.2, 0.25) is 0 Å². The highest BCUT2D eigenvalue weighted by Crippen LogP contribution is 2.49. The average Bonchev–Trinajstić information content (AvgIpc) is 2.61. The highest BCUT2D eigenvalue weighted by Gasteiger charge is 2.54. The molecule has 1 aromatic rings. The number of nitrogens with two attached hydrogens (primary N) is 1. The fourth-order valence-corrected chi connectivity index (χ4v) is 3.81. The Bertz CT molecular complexity index is 680. The Morgan fingerprint density at radius 3 is 2.62 bits per heavy atom. The van der Waals surface area contributed by atoms with Crippen molar-refractivity contribution in [3.63, 3.8) is 0 Å². The van der Waals surface area contributed by atoms with Crippen molar-refractivity contribution in [1.29, 1.82) is 5.26 Å². The second kappa shape index (κ2) is 6.34. The topological polar surface area (TPSA) is 80.7 Å². The quantitative estimate of drug-likeness (QED) is 0.911. The van der Waals surface area contributed by atoms with Gasteiger partial charge in [0.15, 0.2) is 0 Å². The Labute approximate surface area is 142 Å². The largest absolute Gasteiger partial charge is 0.497 e. The molecule has 0 amide bonds. The van der Waals surface area contributed by atoms with Crippen molar-refractivity contribution >= 4 is 0 Å². The number of allylic oxidation sites excluding steroid dienone is 1. The number of likely N-dealkylation sites (tertiary alicyclic amines) is 1. The predicted molar refractivity (Wildman–Crippen MR) is 89.0 cm³/mol. The molecule has 128 valence electrons. The smallest absolute Gasteiger partial charge is 0.218 e. The lowest BCUT2D eigenvalue weighted by molar-refractivity contribution is -0.264. The van der Waals surface area contributed by atoms with Crippen LogP contribution < -0.4 is 10.5 Å². The Kier molecular flexibility index (Phi) is 4.39. The van der Waals surface area contributed by atoms with Gasteiger partial charge in [-0.3, -0.25) is 0 Å². The van der Waals surface area contributed by atoms with Crippen molar-refractivity contribution in [3.05, 3.63) is 41.3 Å². The van der Waals surface area contributed by atoms with Crippen molar-refractivity contribution in [1.82, 2.24) is 4.90 Å². The number of nitriles is 1. The second-order valence-electron chi connectivity index (χ2n) is 6.38. The molecule has 2 aliphatic rings. The molecule has 0 radical (unpaired) electrons. The maximum Gasteiger partial charge on any atom is 0.218 e. The van der Waals surface area contributed by atoms with E-state index in [1.807, 2.05) is 24.3 Å². The number of hydrogen-bond donors (Lipinski definition) is 1. The third-order valence-electron chi connectivity index (χ3n) is 5.12. The lowest BCUT2D eigenvalue weighted by Gasteiger charge is -2.51. The molecule has 2 aliphatic heterocycles. The molecule has 3 rings (SSSR count). The fourth-order valence-electron chi connectivity index (χ4n) is 3.81. The molecule has 0 aromatic heterocycles. The van der Waals surface area contributed by atoms with Gasteiger partial charge in [0.1, 0.15) is 11.8 Å². The molecule has 2 heterocycles. The van der Waals surface area contributed by atoms with Crippen LogP contribution in [0.15, 0.2) is 35.7 Å². The highest BCUT2D eigenvalue weighted by molar-refractivity contribution is 5.43. The molecule has 0 unspecified atom stereocenters. The summed E-state index contributed by atoms with van der Waals surface area (Å²) in [5.74, 6) is -0.0309. The van der Waals surface area contributed by atoms with Gasteiger partial charge in [-0.2, -0.15) is 5.26 Å². The van der Waals surface area contributed by atoms with E-state index in [4.69, 9.17) is 19.9 Å². The van der Waals surface area contributed by atoms with E-state index in [1.165, 1.54) is 0 Å². The van der Waals surface area contributed by atoms with Gasteiger partial charge in [-0.15, -0.1) is 0 Å². The molecule has 2 N–H and O–H groups in total. The van der Waals surface area contributed by atoms with Crippen molar-refractivity contribution in [2.24, 2.45) is 11.7 Å². The van der Waals surface area contributed by atoms with Crippen molar-refractivity contribution in [2.75, 3.05) is 34.4 Å². The summed E-state index contributed by atoms with van der Waals surface area (Å²) in [6.07, 6.45) is 0.705. The van der Waals surface area contributed by atoms with E-state index in [9.17, 15) is 5.26 Å². The first-order valence-electron chi connectivity index (χ1n) is 8.01. The number of methoxy groups -OCH3 is 2. The van der Waals surface area contributed by atoms with Crippen LogP contribution in [0.3, 0.4) is 0 Å². The summed E-state index contributed by atoms with van der Waals surface area (Å²) in [6, 6.07) is 10.0. The van der Waals surface area contributed by atoms with Crippen LogP contribution in [-0.2, 0) is 9.47 Å². The van der Waals surface area contributed by atoms with E-state index >= 15 is 0 Å². The van der Waals surface area contributed by atoms with Gasteiger partial charge < -0.3 is 24.8 Å². The molecule has 1 fully saturated rings. The molecule has 6 heteroatoms. The van der Waals surface area contributed by atoms with Gasteiger partial charge in [0.05, 0.1) is 12.7 Å². The lowest BCUT2D eigenvalue weighted by atomic mass is 9.72. The van der Waals surface area contributed by atoms with Gasteiger partial charge in [-0.25, -0.2) is 0 Å². The van der Waals surface area contributed by atoms with E-state index in [0.717, 1.165) is 24.4 Å². The maximum atomic E-state index is 9.66. The maximum absolute atomic E-state index is 9.66. The van der Waals surface area contributed by atoms with Gasteiger partial charge in [0.25, 0.3) is 0 Å². The van der Waals surface area contributed by atoms with Crippen molar-refractivity contribution < 1.29 is 14.2 Å². The number of ether oxygens (including phenoxy) is 3. The molecule has 24 heavy (non-hydrogen) atoms. The van der Waals surface area contributed by atoms with Gasteiger partial charge in [-0.05, 0) is 24.7 Å². The molecule has 1 saturated heterocycles. The second-order valence-corrected chi connectivity index (χ2v) is 6.38. The highest BCUT2D eigenvalue weighted by atomic mass is 16.7. The van der Waals surface area contributed by atoms with Crippen molar-refractivity contribution in [2.45, 2.75) is 18.1 Å². The summed E-state index contributed by atoms with van der Waals surface area (Å²) in [4.78, 5) is 2.23. The Hall–Kier alpha value is -2.23. The number of hydrogen-bond acceptors (Lipinski definition) is 6. The first-order chi connectivity index (χ1) is 11.5. The van der Waals surface area contributed by atoms with E-state index in [1.54, 1.807) is 14.2 Å². The number of rotatable bonds is 3. The number of piperidine rings is 1. The van der Waals surface area contributed by atoms with Crippen LogP contribution >= 0.6 is 0 Å². The SMILES string of the molecule is COc1ccc([C@@H]2C(C#N)=C(N)O[C@]3(OC)CCN(C)C[C@@H]23)cc1. The molecule has 0 bridgehead atoms. The summed E-state index contributed by atoms with van der Waals surface area (Å²) < 4.78 is 17.0. The molecule has 1 aromatic carbocycles. The van der Waals surface area contributed by atoms with Gasteiger partial charge in [-0.1, -0.05) is 12.1 Å². The van der Waals surface area contributed by atoms with Gasteiger partial charge in [0, 0.05) is 38.5 Å². The number of benzene rings is 1. The predicted octanol–water partition coefficient (Wildman–Crippen LogP) is 1.80. The zero-order valence-electron chi connectivity index (χ0n) is 14.3. The minimum Gasteiger partial charge on any atom is -0.497 e. The minimum absolute atomic E-state index is 0.0170. The van der Waals surface area contributed by atoms with E-state index < -0.39 is 5.79 Å². The third kappa shape index (κ3) is 2.60. The fraction of sp³-hybridized carbons (Fsp3) is 0.500. The zero-order valence-corrected chi connectivity index (χ0v) is 14.3. The first kappa shape index (κ1) is 16.6. The van der Waals surface area contributed by atoms with Gasteiger partial charge >= 0.3 is 0 Å². The summed E-state index contributed by atoms with van der Waals surface area (Å²) in [5, 5.41) is 9.66. The van der Waals surface area contributed by atoms with E-state index in [-0.39, 0.29) is 17.7 Å². The summed E-state index contributed by atoms with van der Waals surface area (Å²) >= 11 is 0. The van der Waals surface area contributed by atoms with Crippen LogP contribution in [0.4, 0.5) is 0 Å². The molecular formula is C18H23N3O3. The molecule has 0 saturated carbocycles. The Balaban J connectivity index is 2.10. The zero-order chi connectivity index (χ0) is 17.3. The Morgan fingerprint density at radius 2 is 2.04 bits per heavy atom. The summed E-state index contributed by atoms with van der Waals surface area (Å²) in [6.45, 7) is 1.62. The standard InChI is InChI=1S/C18H23N3O3/c1-21-9-8-18(23-3)15(11-21)16(14(10-19)17(20)24-18)12-4-6-13(22-2)7-5-12/h4-7,15-16H,8-9,11,20H2,1-3H3/t15-,16+,18+/m0/s1. The first-order valence-corrected chi connectivity index (χ1v) is 8.01. The van der Waals surface area contributed by atoms with Crippen LogP contribution in [0, 0.1) is 17.2 Å². The van der Waals surface area contributed by atoms with E-state index in [2.05, 4.69) is 18.0 Å². The minimum atomic E-state index is -0.790. The normalized spacial score (nSPS) is 30.2. The number of fused-ring (bicyclic) bond motifs is 1. The summed E-state index contributed by atoms with van der Waals surface area (Å²) in [7, 11) is 5.35. The van der Waals surface area contributed by atoms with Crippen LogP contribution in [-0.4, -0.2) is 45.0 Å². The molecule has 0 spiro atoms. The van der Waals surface area contributed by atoms with Crippen LogP contribution in [0.1, 0.15) is 17.9 Å². The lowest BCUT2D eigenvalue weighted by Crippen LogP contribution is -2.58. The Morgan fingerprint density at radius 1 is 1.33 bits per heavy atom. The third-order valence-corrected chi connectivity index (χ3v) is 5.12. The summed E-state index contributed by atoms with van der Waals surface area (Å²) in [5.41, 5.74) is 7.57. The molecule has 6 nitrogen and oxygen atoms in total. The molecular weight excluding hydrogens is 306 g/mol. The number of nitrogens with zero attached hydrogens (tertiary/aromatic N) is 2. The average molecular weight is 329 g/mol. The molecule has 3 atom stereocenters. The van der Waals surface area contributed by atoms with Crippen molar-refractivity contribution in [3.8, 4) is 11.8 Å². The molecule has 0 aliphatic carbocycles. The van der Waals surface area contributed by atoms with E-state index in [0.29, 0.717) is 12.0 Å². The van der Waals surface area contributed by atoms with Crippen LogP contribution in [0.5, 0.6) is 5.75 Å². The van der Waals surface area contributed by atoms with Crippen LogP contribution in [0.25, 0.3) is 0 Å². The monoisotopic (exact) mass is 329 g/mol. The van der Waals surface area contributed by atoms with Gasteiger partial charge in [0.2, 0.25) is 11.7 Å².